The van der Waals surface area contributed by atoms with Crippen LogP contribution in [0.15, 0.2) is 36.7 Å². The minimum absolute atomic E-state index is 0.756. The first kappa shape index (κ1) is 12.4. The van der Waals surface area contributed by atoms with Gasteiger partial charge in [0.1, 0.15) is 18.9 Å². The van der Waals surface area contributed by atoms with Crippen molar-refractivity contribution in [2.75, 3.05) is 0 Å². The molecule has 1 aromatic carbocycles. The van der Waals surface area contributed by atoms with E-state index in [1.807, 2.05) is 24.3 Å². The van der Waals surface area contributed by atoms with Crippen LogP contribution in [0.4, 0.5) is 0 Å². The van der Waals surface area contributed by atoms with Crippen LogP contribution < -0.4 is 4.57 Å². The van der Waals surface area contributed by atoms with E-state index in [-0.39, 0.29) is 0 Å². The van der Waals surface area contributed by atoms with Gasteiger partial charge < -0.3 is 0 Å². The molecule has 0 aliphatic rings. The Morgan fingerprint density at radius 1 is 1.33 bits per heavy atom. The van der Waals surface area contributed by atoms with Crippen LogP contribution in [0.1, 0.15) is 30.3 Å². The zero-order chi connectivity index (χ0) is 13.0. The number of nitriles is 1. The molecule has 0 radical (unpaired) electrons. The molecular weight excluding hydrogens is 222 g/mol. The third-order valence-corrected chi connectivity index (χ3v) is 3.20. The van der Waals surface area contributed by atoms with Gasteiger partial charge in [-0.1, -0.05) is 25.1 Å². The largest absolute Gasteiger partial charge is 0.253 e. The SMILES string of the molecule is CCCn1cc[n+](Cc2ccccc2C#N)c1C. The van der Waals surface area contributed by atoms with Crippen molar-refractivity contribution < 1.29 is 4.57 Å². The van der Waals surface area contributed by atoms with Crippen LogP contribution in [0, 0.1) is 18.3 Å². The molecule has 0 saturated heterocycles. The van der Waals surface area contributed by atoms with Crippen molar-refractivity contribution in [3.8, 4) is 6.07 Å². The molecule has 0 spiro atoms. The molecule has 0 N–H and O–H groups in total. The van der Waals surface area contributed by atoms with Gasteiger partial charge >= 0.3 is 0 Å². The highest BCUT2D eigenvalue weighted by Gasteiger charge is 2.13. The van der Waals surface area contributed by atoms with Gasteiger partial charge in [-0.15, -0.1) is 0 Å². The fourth-order valence-corrected chi connectivity index (χ4v) is 2.14. The summed E-state index contributed by atoms with van der Waals surface area (Å²) in [5, 5.41) is 9.09. The van der Waals surface area contributed by atoms with Crippen molar-refractivity contribution in [2.45, 2.75) is 33.4 Å². The second-order valence-electron chi connectivity index (χ2n) is 4.44. The van der Waals surface area contributed by atoms with E-state index in [1.54, 1.807) is 0 Å². The Hall–Kier alpha value is -2.08. The molecule has 0 fully saturated rings. The highest BCUT2D eigenvalue weighted by Crippen LogP contribution is 2.07. The van der Waals surface area contributed by atoms with Gasteiger partial charge in [-0.3, -0.25) is 0 Å². The molecule has 18 heavy (non-hydrogen) atoms. The Morgan fingerprint density at radius 2 is 2.11 bits per heavy atom. The van der Waals surface area contributed by atoms with Gasteiger partial charge in [0.25, 0.3) is 5.82 Å². The van der Waals surface area contributed by atoms with E-state index in [2.05, 4.69) is 41.4 Å². The summed E-state index contributed by atoms with van der Waals surface area (Å²) in [6, 6.07) is 10.0. The third kappa shape index (κ3) is 2.43. The Bertz CT molecular complexity index is 576. The van der Waals surface area contributed by atoms with Crippen LogP contribution in [0.5, 0.6) is 0 Å². The maximum Gasteiger partial charge on any atom is 0.253 e. The number of nitrogens with zero attached hydrogens (tertiary/aromatic N) is 3. The molecule has 0 aliphatic carbocycles. The highest BCUT2D eigenvalue weighted by molar-refractivity contribution is 5.36. The van der Waals surface area contributed by atoms with E-state index in [1.165, 1.54) is 5.82 Å². The minimum Gasteiger partial charge on any atom is -0.234 e. The Kier molecular flexibility index (Phi) is 3.78. The average molecular weight is 240 g/mol. The number of hydrogen-bond donors (Lipinski definition) is 0. The lowest BCUT2D eigenvalue weighted by atomic mass is 10.1. The van der Waals surface area contributed by atoms with E-state index >= 15 is 0 Å². The molecule has 3 nitrogen and oxygen atoms in total. The van der Waals surface area contributed by atoms with E-state index in [0.717, 1.165) is 30.6 Å². The van der Waals surface area contributed by atoms with Crippen molar-refractivity contribution in [3.05, 3.63) is 53.6 Å². The van der Waals surface area contributed by atoms with Gasteiger partial charge in [0.15, 0.2) is 0 Å². The van der Waals surface area contributed by atoms with Gasteiger partial charge in [0, 0.05) is 12.5 Å². The van der Waals surface area contributed by atoms with Crippen LogP contribution in [0.25, 0.3) is 0 Å². The zero-order valence-electron chi connectivity index (χ0n) is 10.9. The first-order chi connectivity index (χ1) is 8.76. The van der Waals surface area contributed by atoms with E-state index in [9.17, 15) is 0 Å². The monoisotopic (exact) mass is 240 g/mol. The zero-order valence-corrected chi connectivity index (χ0v) is 10.9. The van der Waals surface area contributed by atoms with Crippen molar-refractivity contribution in [1.29, 1.82) is 5.26 Å². The van der Waals surface area contributed by atoms with Gasteiger partial charge in [-0.2, -0.15) is 5.26 Å². The van der Waals surface area contributed by atoms with Crippen molar-refractivity contribution >= 4 is 0 Å². The summed E-state index contributed by atoms with van der Waals surface area (Å²) >= 11 is 0. The third-order valence-electron chi connectivity index (χ3n) is 3.20. The molecular formula is C15H18N3+. The number of aromatic nitrogens is 2. The standard InChI is InChI=1S/C15H18N3/c1-3-8-17-9-10-18(13(17)2)12-15-7-5-4-6-14(15)11-16/h4-7,9-10H,3,8,12H2,1-2H3/q+1. The van der Waals surface area contributed by atoms with Gasteiger partial charge in [-0.05, 0) is 12.5 Å². The predicted octanol–water partition coefficient (Wildman–Crippen LogP) is 2.41. The molecule has 3 heteroatoms. The number of imidazole rings is 1. The smallest absolute Gasteiger partial charge is 0.234 e. The van der Waals surface area contributed by atoms with E-state index in [4.69, 9.17) is 5.26 Å². The Balaban J connectivity index is 2.27. The first-order valence-electron chi connectivity index (χ1n) is 6.29. The molecule has 0 amide bonds. The van der Waals surface area contributed by atoms with Crippen molar-refractivity contribution in [2.24, 2.45) is 0 Å². The van der Waals surface area contributed by atoms with Crippen molar-refractivity contribution in [3.63, 3.8) is 0 Å². The highest BCUT2D eigenvalue weighted by atomic mass is 15.1. The molecule has 0 saturated carbocycles. The maximum absolute atomic E-state index is 9.09. The first-order valence-corrected chi connectivity index (χ1v) is 6.29. The molecule has 0 bridgehead atoms. The Labute approximate surface area is 108 Å². The quantitative estimate of drug-likeness (QED) is 0.755. The van der Waals surface area contributed by atoms with Crippen LogP contribution in [-0.2, 0) is 13.1 Å². The van der Waals surface area contributed by atoms with Crippen LogP contribution in [0.3, 0.4) is 0 Å². The van der Waals surface area contributed by atoms with Gasteiger partial charge in [0.05, 0.1) is 18.2 Å². The molecule has 92 valence electrons. The van der Waals surface area contributed by atoms with Gasteiger partial charge in [0.2, 0.25) is 0 Å². The lowest BCUT2D eigenvalue weighted by Crippen LogP contribution is -2.36. The molecule has 1 aromatic heterocycles. The number of rotatable bonds is 4. The van der Waals surface area contributed by atoms with Crippen LogP contribution in [-0.4, -0.2) is 4.57 Å². The summed E-state index contributed by atoms with van der Waals surface area (Å²) in [7, 11) is 0. The second kappa shape index (κ2) is 5.50. The number of aryl methyl sites for hydroxylation is 1. The molecule has 2 rings (SSSR count). The van der Waals surface area contributed by atoms with E-state index < -0.39 is 0 Å². The lowest BCUT2D eigenvalue weighted by molar-refractivity contribution is -0.694. The van der Waals surface area contributed by atoms with Crippen LogP contribution >= 0.6 is 0 Å². The summed E-state index contributed by atoms with van der Waals surface area (Å²) in [6.45, 7) is 6.09. The maximum atomic E-state index is 9.09. The van der Waals surface area contributed by atoms with Gasteiger partial charge in [-0.25, -0.2) is 9.13 Å². The topological polar surface area (TPSA) is 32.6 Å². The summed E-state index contributed by atoms with van der Waals surface area (Å²) in [4.78, 5) is 0. The van der Waals surface area contributed by atoms with E-state index in [0.29, 0.717) is 0 Å². The minimum atomic E-state index is 0.756. The second-order valence-corrected chi connectivity index (χ2v) is 4.44. The fourth-order valence-electron chi connectivity index (χ4n) is 2.14. The summed E-state index contributed by atoms with van der Waals surface area (Å²) < 4.78 is 4.43. The summed E-state index contributed by atoms with van der Waals surface area (Å²) in [5.74, 6) is 1.23. The summed E-state index contributed by atoms with van der Waals surface area (Å²) in [5.41, 5.74) is 1.83. The van der Waals surface area contributed by atoms with Crippen molar-refractivity contribution in [1.82, 2.24) is 4.57 Å². The van der Waals surface area contributed by atoms with Crippen LogP contribution in [0.2, 0.25) is 0 Å². The molecule has 0 aliphatic heterocycles. The Morgan fingerprint density at radius 3 is 2.83 bits per heavy atom. The molecule has 2 aromatic rings. The lowest BCUT2D eigenvalue weighted by Gasteiger charge is -2.02. The molecule has 1 heterocycles. The predicted molar refractivity (Wildman–Crippen MR) is 69.9 cm³/mol. The normalized spacial score (nSPS) is 10.3. The number of benzene rings is 1. The number of hydrogen-bond acceptors (Lipinski definition) is 1. The summed E-state index contributed by atoms with van der Waals surface area (Å²) in [6.07, 6.45) is 5.32. The average Bonchev–Trinajstić information content (AvgIpc) is 2.73. The fraction of sp³-hybridized carbons (Fsp3) is 0.333. The molecule has 0 atom stereocenters. The molecule has 0 unspecified atom stereocenters.